The number of aryl methyl sites for hydroxylation is 1. The third-order valence-electron chi connectivity index (χ3n) is 5.46. The normalized spacial score (nSPS) is 11.4. The number of nitrogens with zero attached hydrogens (tertiary/aromatic N) is 5. The van der Waals surface area contributed by atoms with Crippen LogP contribution in [0.3, 0.4) is 0 Å². The first-order valence-electron chi connectivity index (χ1n) is 10.00. The first kappa shape index (κ1) is 18.3. The summed E-state index contributed by atoms with van der Waals surface area (Å²) in [6, 6.07) is 9.02. The van der Waals surface area contributed by atoms with E-state index in [4.69, 9.17) is 0 Å². The van der Waals surface area contributed by atoms with Gasteiger partial charge in [0.2, 0.25) is 0 Å². The van der Waals surface area contributed by atoms with Crippen molar-refractivity contribution >= 4 is 21.9 Å². The lowest BCUT2D eigenvalue weighted by Crippen LogP contribution is -1.85. The van der Waals surface area contributed by atoms with Gasteiger partial charge in [0.15, 0.2) is 5.65 Å². The van der Waals surface area contributed by atoms with Crippen molar-refractivity contribution < 1.29 is 4.39 Å². The number of nitrogens with one attached hydrogen (secondary N) is 2. The maximum atomic E-state index is 14.0. The van der Waals surface area contributed by atoms with Gasteiger partial charge in [0.1, 0.15) is 17.8 Å². The molecule has 0 spiro atoms. The lowest BCUT2D eigenvalue weighted by Gasteiger charge is -2.05. The molecular formula is C24H16FN7. The molecule has 0 saturated carbocycles. The Hall–Kier alpha value is -4.46. The second-order valence-electron chi connectivity index (χ2n) is 7.67. The molecule has 0 radical (unpaired) electrons. The molecule has 0 unspecified atom stereocenters. The van der Waals surface area contributed by atoms with Gasteiger partial charge in [-0.15, -0.1) is 0 Å². The Morgan fingerprint density at radius 2 is 1.66 bits per heavy atom. The van der Waals surface area contributed by atoms with Gasteiger partial charge in [-0.25, -0.2) is 19.3 Å². The zero-order valence-corrected chi connectivity index (χ0v) is 17.0. The smallest absolute Gasteiger partial charge is 0.155 e. The number of hydrogen-bond acceptors (Lipinski definition) is 5. The van der Waals surface area contributed by atoms with E-state index < -0.39 is 0 Å². The summed E-state index contributed by atoms with van der Waals surface area (Å²) in [5, 5.41) is 9.30. The molecule has 8 heteroatoms. The van der Waals surface area contributed by atoms with E-state index in [2.05, 4.69) is 35.1 Å². The lowest BCUT2D eigenvalue weighted by molar-refractivity contribution is 0.627. The van der Waals surface area contributed by atoms with Crippen LogP contribution in [0, 0.1) is 12.7 Å². The standard InChI is InChI=1S/C24H16FN7/c1-13-2-14(4-17(25)3-13)20-10-26-11-22-18(20)6-21(30-22)23-19-5-15(9-29-24(19)32-31-23)16-7-27-12-28-8-16/h2-12,30H,1H3,(H,29,31,32). The van der Waals surface area contributed by atoms with Crippen LogP contribution < -0.4 is 0 Å². The molecule has 0 saturated heterocycles. The Morgan fingerprint density at radius 3 is 2.50 bits per heavy atom. The monoisotopic (exact) mass is 421 g/mol. The number of fused-ring (bicyclic) bond motifs is 2. The molecule has 5 aromatic heterocycles. The number of aromatic amines is 2. The van der Waals surface area contributed by atoms with Crippen LogP contribution in [0.2, 0.25) is 0 Å². The topological polar surface area (TPSA) is 96.0 Å². The van der Waals surface area contributed by atoms with Crippen molar-refractivity contribution in [1.29, 1.82) is 0 Å². The van der Waals surface area contributed by atoms with Gasteiger partial charge in [0.25, 0.3) is 0 Å². The Kier molecular flexibility index (Phi) is 4.04. The molecule has 0 atom stereocenters. The highest BCUT2D eigenvalue weighted by atomic mass is 19.1. The predicted octanol–water partition coefficient (Wildman–Crippen LogP) is 5.07. The molecule has 32 heavy (non-hydrogen) atoms. The molecule has 0 bridgehead atoms. The summed E-state index contributed by atoms with van der Waals surface area (Å²) in [7, 11) is 0. The molecule has 7 nitrogen and oxygen atoms in total. The number of hydrogen-bond donors (Lipinski definition) is 2. The highest BCUT2D eigenvalue weighted by Gasteiger charge is 2.15. The van der Waals surface area contributed by atoms with E-state index in [1.165, 1.54) is 18.5 Å². The van der Waals surface area contributed by atoms with Crippen LogP contribution in [-0.4, -0.2) is 35.1 Å². The number of rotatable bonds is 3. The number of halogens is 1. The highest BCUT2D eigenvalue weighted by molar-refractivity contribution is 6.00. The van der Waals surface area contributed by atoms with Gasteiger partial charge < -0.3 is 4.98 Å². The fourth-order valence-corrected chi connectivity index (χ4v) is 4.02. The lowest BCUT2D eigenvalue weighted by atomic mass is 10.0. The molecule has 0 amide bonds. The molecule has 0 aliphatic rings. The largest absolute Gasteiger partial charge is 0.352 e. The summed E-state index contributed by atoms with van der Waals surface area (Å²) in [6.07, 6.45) is 10.3. The fraction of sp³-hybridized carbons (Fsp3) is 0.0417. The van der Waals surface area contributed by atoms with Crippen molar-refractivity contribution in [2.24, 2.45) is 0 Å². The van der Waals surface area contributed by atoms with Gasteiger partial charge in [-0.3, -0.25) is 10.1 Å². The molecule has 0 aliphatic carbocycles. The molecule has 5 heterocycles. The Labute approximate surface area is 181 Å². The molecule has 0 fully saturated rings. The average Bonchev–Trinajstić information content (AvgIpc) is 3.42. The van der Waals surface area contributed by atoms with Crippen LogP contribution in [0.15, 0.2) is 67.6 Å². The Balaban J connectivity index is 1.52. The van der Waals surface area contributed by atoms with Crippen LogP contribution in [0.1, 0.15) is 5.56 Å². The summed E-state index contributed by atoms with van der Waals surface area (Å²) < 4.78 is 14.0. The molecule has 6 aromatic rings. The fourth-order valence-electron chi connectivity index (χ4n) is 4.02. The summed E-state index contributed by atoms with van der Waals surface area (Å²) in [5.41, 5.74) is 7.34. The molecule has 154 valence electrons. The predicted molar refractivity (Wildman–Crippen MR) is 120 cm³/mol. The molecule has 0 aliphatic heterocycles. The summed E-state index contributed by atoms with van der Waals surface area (Å²) in [5.74, 6) is -0.269. The third-order valence-corrected chi connectivity index (χ3v) is 5.46. The zero-order valence-electron chi connectivity index (χ0n) is 17.0. The van der Waals surface area contributed by atoms with Crippen LogP contribution in [-0.2, 0) is 0 Å². The van der Waals surface area contributed by atoms with Crippen molar-refractivity contribution in [3.8, 4) is 33.6 Å². The minimum Gasteiger partial charge on any atom is -0.352 e. The van der Waals surface area contributed by atoms with E-state index >= 15 is 0 Å². The van der Waals surface area contributed by atoms with Gasteiger partial charge >= 0.3 is 0 Å². The SMILES string of the molecule is Cc1cc(F)cc(-c2cncc3[nH]c(-c4n[nH]c5ncc(-c6cncnc6)cc45)cc23)c1. The van der Waals surface area contributed by atoms with Gasteiger partial charge in [-0.05, 0) is 42.3 Å². The molecule has 1 aromatic carbocycles. The van der Waals surface area contributed by atoms with Gasteiger partial charge in [0.05, 0.1) is 17.4 Å². The Bertz CT molecular complexity index is 1580. The summed E-state index contributed by atoms with van der Waals surface area (Å²) >= 11 is 0. The van der Waals surface area contributed by atoms with E-state index in [0.717, 1.165) is 55.5 Å². The number of pyridine rings is 2. The van der Waals surface area contributed by atoms with Gasteiger partial charge in [-0.2, -0.15) is 5.10 Å². The maximum Gasteiger partial charge on any atom is 0.155 e. The number of H-pyrrole nitrogens is 2. The van der Waals surface area contributed by atoms with E-state index in [1.807, 2.05) is 25.1 Å². The van der Waals surface area contributed by atoms with E-state index in [0.29, 0.717) is 5.65 Å². The van der Waals surface area contributed by atoms with E-state index in [9.17, 15) is 4.39 Å². The van der Waals surface area contributed by atoms with E-state index in [1.54, 1.807) is 31.0 Å². The van der Waals surface area contributed by atoms with Gasteiger partial charge in [0, 0.05) is 52.3 Å². The van der Waals surface area contributed by atoms with Crippen molar-refractivity contribution in [1.82, 2.24) is 35.1 Å². The van der Waals surface area contributed by atoms with Crippen molar-refractivity contribution in [2.75, 3.05) is 0 Å². The quantitative estimate of drug-likeness (QED) is 0.416. The highest BCUT2D eigenvalue weighted by Crippen LogP contribution is 2.34. The van der Waals surface area contributed by atoms with Crippen LogP contribution >= 0.6 is 0 Å². The Morgan fingerprint density at radius 1 is 0.781 bits per heavy atom. The minimum absolute atomic E-state index is 0.269. The second kappa shape index (κ2) is 7.05. The summed E-state index contributed by atoms with van der Waals surface area (Å²) in [4.78, 5) is 20.4. The second-order valence-corrected chi connectivity index (χ2v) is 7.67. The van der Waals surface area contributed by atoms with Crippen molar-refractivity contribution in [3.05, 3.63) is 79.0 Å². The number of benzene rings is 1. The third kappa shape index (κ3) is 3.01. The molecular weight excluding hydrogens is 405 g/mol. The first-order chi connectivity index (χ1) is 15.7. The molecule has 6 rings (SSSR count). The minimum atomic E-state index is -0.269. The van der Waals surface area contributed by atoms with Crippen LogP contribution in [0.4, 0.5) is 4.39 Å². The number of aromatic nitrogens is 7. The summed E-state index contributed by atoms with van der Waals surface area (Å²) in [6.45, 7) is 1.88. The van der Waals surface area contributed by atoms with Crippen LogP contribution in [0.25, 0.3) is 55.6 Å². The van der Waals surface area contributed by atoms with Crippen molar-refractivity contribution in [2.45, 2.75) is 6.92 Å². The zero-order chi connectivity index (χ0) is 21.7. The van der Waals surface area contributed by atoms with Crippen LogP contribution in [0.5, 0.6) is 0 Å². The first-order valence-corrected chi connectivity index (χ1v) is 10.00. The molecule has 2 N–H and O–H groups in total. The van der Waals surface area contributed by atoms with Gasteiger partial charge in [-0.1, -0.05) is 6.07 Å². The average molecular weight is 421 g/mol. The van der Waals surface area contributed by atoms with E-state index in [-0.39, 0.29) is 5.82 Å². The van der Waals surface area contributed by atoms with Crippen molar-refractivity contribution in [3.63, 3.8) is 0 Å². The maximum absolute atomic E-state index is 14.0.